The van der Waals surface area contributed by atoms with Crippen LogP contribution in [0, 0.1) is 0 Å². The molecule has 1 aliphatic heterocycles. The summed E-state index contributed by atoms with van der Waals surface area (Å²) in [5, 5.41) is 0.398. The lowest BCUT2D eigenvalue weighted by molar-refractivity contribution is -0.131. The third-order valence-corrected chi connectivity index (χ3v) is 6.25. The van der Waals surface area contributed by atoms with Crippen molar-refractivity contribution >= 4 is 56.1 Å². The summed E-state index contributed by atoms with van der Waals surface area (Å²) in [6, 6.07) is 7.98. The van der Waals surface area contributed by atoms with Gasteiger partial charge >= 0.3 is 0 Å². The van der Waals surface area contributed by atoms with Crippen molar-refractivity contribution in [3.8, 4) is 0 Å². The Hall–Kier alpha value is -1.05. The van der Waals surface area contributed by atoms with Gasteiger partial charge in [0.1, 0.15) is 0 Å². The Balaban J connectivity index is 1.49. The molecule has 110 valence electrons. The first-order valence-corrected chi connectivity index (χ1v) is 9.23. The van der Waals surface area contributed by atoms with E-state index in [0.29, 0.717) is 18.8 Å². The summed E-state index contributed by atoms with van der Waals surface area (Å²) in [6.45, 7) is 2.94. The van der Waals surface area contributed by atoms with Crippen molar-refractivity contribution in [2.24, 2.45) is 0 Å². The van der Waals surface area contributed by atoms with Crippen LogP contribution in [0.3, 0.4) is 0 Å². The first-order chi connectivity index (χ1) is 10.1. The van der Waals surface area contributed by atoms with E-state index in [1.807, 2.05) is 24.3 Å². The minimum atomic E-state index is 0.121. The van der Waals surface area contributed by atoms with Crippen LogP contribution in [0.5, 0.6) is 0 Å². The molecule has 1 aromatic heterocycles. The monoisotopic (exact) mass is 338 g/mol. The molecule has 0 radical (unpaired) electrons. The Kier molecular flexibility index (Phi) is 4.51. The Bertz CT molecular complexity index is 647. The summed E-state index contributed by atoms with van der Waals surface area (Å²) in [5.41, 5.74) is 0.985. The fraction of sp³-hybridized carbons (Fsp3) is 0.357. The number of carbonyl (C=O) groups excluding carboxylic acids is 2. The highest BCUT2D eigenvalue weighted by atomic mass is 32.2. The second-order valence-electron chi connectivity index (χ2n) is 4.77. The molecule has 0 unspecified atom stereocenters. The number of fused-ring (bicyclic) bond motifs is 1. The largest absolute Gasteiger partial charge is 0.340 e. The molecule has 4 nitrogen and oxygen atoms in total. The van der Waals surface area contributed by atoms with Crippen LogP contribution >= 0.6 is 34.9 Å². The number of thioether (sulfide) groups is 2. The molecular weight excluding hydrogens is 324 g/mol. The molecule has 1 aliphatic rings. The van der Waals surface area contributed by atoms with Crippen LogP contribution in [0.15, 0.2) is 28.6 Å². The van der Waals surface area contributed by atoms with Crippen LogP contribution in [-0.2, 0) is 9.59 Å². The smallest absolute Gasteiger partial charge is 0.233 e. The molecule has 3 rings (SSSR count). The zero-order valence-corrected chi connectivity index (χ0v) is 13.9. The van der Waals surface area contributed by atoms with Gasteiger partial charge in [0, 0.05) is 25.3 Å². The SMILES string of the molecule is CC(=O)SC1CN(C(=O)CSc2nc3ccccc3s2)C1. The van der Waals surface area contributed by atoms with Crippen molar-refractivity contribution in [1.29, 1.82) is 0 Å². The van der Waals surface area contributed by atoms with Crippen LogP contribution in [0.4, 0.5) is 0 Å². The molecule has 21 heavy (non-hydrogen) atoms. The third kappa shape index (κ3) is 3.59. The minimum Gasteiger partial charge on any atom is -0.340 e. The van der Waals surface area contributed by atoms with E-state index in [9.17, 15) is 9.59 Å². The van der Waals surface area contributed by atoms with Gasteiger partial charge in [0.2, 0.25) is 5.91 Å². The molecule has 0 bridgehead atoms. The second kappa shape index (κ2) is 6.37. The molecule has 7 heteroatoms. The summed E-state index contributed by atoms with van der Waals surface area (Å²) < 4.78 is 2.08. The molecule has 1 fully saturated rings. The summed E-state index contributed by atoms with van der Waals surface area (Å²) in [6.07, 6.45) is 0. The van der Waals surface area contributed by atoms with Gasteiger partial charge in [0.15, 0.2) is 9.45 Å². The highest BCUT2D eigenvalue weighted by Crippen LogP contribution is 2.30. The van der Waals surface area contributed by atoms with Crippen molar-refractivity contribution in [3.05, 3.63) is 24.3 Å². The summed E-state index contributed by atoms with van der Waals surface area (Å²) in [5.74, 6) is 0.539. The van der Waals surface area contributed by atoms with Crippen LogP contribution in [0.2, 0.25) is 0 Å². The van der Waals surface area contributed by atoms with E-state index in [0.717, 1.165) is 14.6 Å². The number of hydrogen-bond acceptors (Lipinski definition) is 6. The third-order valence-electron chi connectivity index (χ3n) is 3.13. The second-order valence-corrected chi connectivity index (χ2v) is 8.50. The quantitative estimate of drug-likeness (QED) is 0.802. The normalized spacial score (nSPS) is 15.2. The van der Waals surface area contributed by atoms with E-state index in [4.69, 9.17) is 0 Å². The van der Waals surface area contributed by atoms with Crippen molar-refractivity contribution in [1.82, 2.24) is 9.88 Å². The van der Waals surface area contributed by atoms with Crippen LogP contribution in [0.25, 0.3) is 10.2 Å². The fourth-order valence-electron chi connectivity index (χ4n) is 2.08. The maximum atomic E-state index is 12.0. The maximum Gasteiger partial charge on any atom is 0.233 e. The van der Waals surface area contributed by atoms with Crippen LogP contribution in [0.1, 0.15) is 6.92 Å². The number of nitrogens with zero attached hydrogens (tertiary/aromatic N) is 2. The average Bonchev–Trinajstić information content (AvgIpc) is 2.82. The summed E-state index contributed by atoms with van der Waals surface area (Å²) in [4.78, 5) is 29.3. The number of likely N-dealkylation sites (tertiary alicyclic amines) is 1. The lowest BCUT2D eigenvalue weighted by atomic mass is 10.2. The summed E-state index contributed by atoms with van der Waals surface area (Å²) in [7, 11) is 0. The first kappa shape index (κ1) is 14.9. The number of hydrogen-bond donors (Lipinski definition) is 0. The predicted molar refractivity (Wildman–Crippen MR) is 89.0 cm³/mol. The number of amides is 1. The van der Waals surface area contributed by atoms with Gasteiger partial charge in [-0.1, -0.05) is 35.7 Å². The van der Waals surface area contributed by atoms with Gasteiger partial charge in [-0.15, -0.1) is 11.3 Å². The maximum absolute atomic E-state index is 12.0. The van der Waals surface area contributed by atoms with E-state index >= 15 is 0 Å². The van der Waals surface area contributed by atoms with Crippen molar-refractivity contribution in [2.75, 3.05) is 18.8 Å². The number of carbonyl (C=O) groups is 2. The molecule has 0 saturated carbocycles. The van der Waals surface area contributed by atoms with Gasteiger partial charge in [-0.25, -0.2) is 4.98 Å². The highest BCUT2D eigenvalue weighted by molar-refractivity contribution is 8.14. The minimum absolute atomic E-state index is 0.121. The van der Waals surface area contributed by atoms with E-state index < -0.39 is 0 Å². The topological polar surface area (TPSA) is 50.3 Å². The van der Waals surface area contributed by atoms with Gasteiger partial charge in [-0.2, -0.15) is 0 Å². The van der Waals surface area contributed by atoms with Gasteiger partial charge in [0.05, 0.1) is 16.0 Å². The van der Waals surface area contributed by atoms with Crippen molar-refractivity contribution in [3.63, 3.8) is 0 Å². The lowest BCUT2D eigenvalue weighted by Crippen LogP contribution is -2.53. The average molecular weight is 338 g/mol. The molecular formula is C14H14N2O2S3. The van der Waals surface area contributed by atoms with E-state index in [1.54, 1.807) is 23.2 Å². The Morgan fingerprint density at radius 1 is 1.38 bits per heavy atom. The lowest BCUT2D eigenvalue weighted by Gasteiger charge is -2.38. The fourth-order valence-corrected chi connectivity index (χ4v) is 5.03. The molecule has 2 heterocycles. The van der Waals surface area contributed by atoms with Crippen molar-refractivity contribution < 1.29 is 9.59 Å². The predicted octanol–water partition coefficient (Wildman–Crippen LogP) is 2.88. The zero-order chi connectivity index (χ0) is 14.8. The molecule has 2 aromatic rings. The first-order valence-electron chi connectivity index (χ1n) is 6.55. The molecule has 1 amide bonds. The van der Waals surface area contributed by atoms with Gasteiger partial charge < -0.3 is 4.90 Å². The number of rotatable bonds is 4. The number of benzene rings is 1. The number of para-hydroxylation sites is 1. The number of thiazole rings is 1. The van der Waals surface area contributed by atoms with Crippen LogP contribution < -0.4 is 0 Å². The molecule has 1 saturated heterocycles. The Labute approximate surface area is 135 Å². The molecule has 0 aliphatic carbocycles. The van der Waals surface area contributed by atoms with Crippen molar-refractivity contribution in [2.45, 2.75) is 16.5 Å². The van der Waals surface area contributed by atoms with E-state index in [-0.39, 0.29) is 16.3 Å². The standard InChI is InChI=1S/C14H14N2O2S3/c1-9(17)20-10-6-16(7-10)13(18)8-19-14-15-11-4-2-3-5-12(11)21-14/h2-5,10H,6-8H2,1H3. The molecule has 0 spiro atoms. The highest BCUT2D eigenvalue weighted by Gasteiger charge is 2.31. The van der Waals surface area contributed by atoms with E-state index in [2.05, 4.69) is 4.98 Å². The van der Waals surface area contributed by atoms with Gasteiger partial charge in [0.25, 0.3) is 0 Å². The molecule has 0 N–H and O–H groups in total. The zero-order valence-electron chi connectivity index (χ0n) is 11.4. The summed E-state index contributed by atoms with van der Waals surface area (Å²) >= 11 is 4.44. The molecule has 1 aromatic carbocycles. The van der Waals surface area contributed by atoms with Crippen LogP contribution in [-0.4, -0.2) is 45.0 Å². The Morgan fingerprint density at radius 3 is 2.86 bits per heavy atom. The van der Waals surface area contributed by atoms with E-state index in [1.165, 1.54) is 23.5 Å². The molecule has 0 atom stereocenters. The number of aromatic nitrogens is 1. The van der Waals surface area contributed by atoms with Gasteiger partial charge in [-0.3, -0.25) is 9.59 Å². The van der Waals surface area contributed by atoms with Gasteiger partial charge in [-0.05, 0) is 12.1 Å². The Morgan fingerprint density at radius 2 is 2.14 bits per heavy atom.